The summed E-state index contributed by atoms with van der Waals surface area (Å²) in [5.41, 5.74) is 19.5. The Morgan fingerprint density at radius 2 is 0.857 bits per heavy atom. The van der Waals surface area contributed by atoms with Gasteiger partial charge in [-0.15, -0.1) is 0 Å². The van der Waals surface area contributed by atoms with Crippen molar-refractivity contribution in [1.82, 2.24) is 19.9 Å². The Hall–Kier alpha value is -7.43. The fourth-order valence-electron chi connectivity index (χ4n) is 10.1. The van der Waals surface area contributed by atoms with E-state index in [0.717, 1.165) is 38.9 Å². The number of benzene rings is 8. The third-order valence-electron chi connectivity index (χ3n) is 12.4. The van der Waals surface area contributed by atoms with Crippen molar-refractivity contribution in [1.29, 1.82) is 0 Å². The maximum atomic E-state index is 5.26. The number of nitrogens with one attached hydrogen (secondary N) is 1. The molecule has 2 aromatic heterocycles. The molecule has 4 nitrogen and oxygen atoms in total. The van der Waals surface area contributed by atoms with Gasteiger partial charge < -0.3 is 4.98 Å². The van der Waals surface area contributed by atoms with E-state index in [9.17, 15) is 0 Å². The van der Waals surface area contributed by atoms with Gasteiger partial charge in [0.05, 0.1) is 10.9 Å². The molecule has 8 aromatic carbocycles. The first-order valence-electron chi connectivity index (χ1n) is 19.2. The highest BCUT2D eigenvalue weighted by Gasteiger charge is 2.51. The number of aromatic nitrogens is 4. The van der Waals surface area contributed by atoms with E-state index in [-0.39, 0.29) is 0 Å². The zero-order valence-corrected chi connectivity index (χ0v) is 30.1. The van der Waals surface area contributed by atoms with Gasteiger partial charge in [-0.25, -0.2) is 15.0 Å². The summed E-state index contributed by atoms with van der Waals surface area (Å²) in [4.78, 5) is 19.4. The van der Waals surface area contributed by atoms with Crippen molar-refractivity contribution in [2.24, 2.45) is 0 Å². The summed E-state index contributed by atoms with van der Waals surface area (Å²) < 4.78 is 0. The summed E-state index contributed by atoms with van der Waals surface area (Å²) in [7, 11) is 0. The molecule has 258 valence electrons. The Bertz CT molecular complexity index is 3270. The molecule has 0 fully saturated rings. The molecule has 1 N–H and O–H groups in total. The summed E-state index contributed by atoms with van der Waals surface area (Å²) in [6.45, 7) is 0. The van der Waals surface area contributed by atoms with Crippen LogP contribution in [0.2, 0.25) is 0 Å². The van der Waals surface area contributed by atoms with Crippen molar-refractivity contribution in [3.05, 3.63) is 198 Å². The van der Waals surface area contributed by atoms with Gasteiger partial charge in [0.15, 0.2) is 17.5 Å². The highest BCUT2D eigenvalue weighted by molar-refractivity contribution is 6.13. The molecule has 0 unspecified atom stereocenters. The lowest BCUT2D eigenvalue weighted by atomic mass is 9.70. The lowest BCUT2D eigenvalue weighted by molar-refractivity contribution is 0.794. The quantitative estimate of drug-likeness (QED) is 0.184. The van der Waals surface area contributed by atoms with Crippen LogP contribution < -0.4 is 0 Å². The van der Waals surface area contributed by atoms with E-state index in [1.165, 1.54) is 66.4 Å². The molecule has 0 saturated heterocycles. The van der Waals surface area contributed by atoms with Gasteiger partial charge in [0.1, 0.15) is 0 Å². The monoisotopic (exact) mass is 710 g/mol. The van der Waals surface area contributed by atoms with E-state index in [1.807, 2.05) is 18.2 Å². The minimum atomic E-state index is -0.506. The topological polar surface area (TPSA) is 54.5 Å². The van der Waals surface area contributed by atoms with E-state index in [1.54, 1.807) is 0 Å². The summed E-state index contributed by atoms with van der Waals surface area (Å²) in [5.74, 6) is 1.92. The molecule has 0 atom stereocenters. The molecule has 10 aromatic rings. The van der Waals surface area contributed by atoms with Crippen LogP contribution in [0.4, 0.5) is 0 Å². The number of hydrogen-bond donors (Lipinski definition) is 1. The van der Waals surface area contributed by atoms with Gasteiger partial charge in [-0.3, -0.25) is 0 Å². The Labute approximate surface area is 322 Å². The second-order valence-corrected chi connectivity index (χ2v) is 15.2. The molecule has 1 spiro atoms. The zero-order chi connectivity index (χ0) is 36.5. The molecule has 2 aliphatic carbocycles. The summed E-state index contributed by atoms with van der Waals surface area (Å²) in [5, 5.41) is 2.36. The minimum Gasteiger partial charge on any atom is -0.354 e. The van der Waals surface area contributed by atoms with Crippen molar-refractivity contribution >= 4 is 21.8 Å². The lowest BCUT2D eigenvalue weighted by Crippen LogP contribution is -2.26. The number of para-hydroxylation sites is 1. The Balaban J connectivity index is 1.20. The van der Waals surface area contributed by atoms with Crippen molar-refractivity contribution in [3.8, 4) is 78.7 Å². The van der Waals surface area contributed by atoms with Crippen LogP contribution in [0.1, 0.15) is 22.3 Å². The van der Waals surface area contributed by atoms with E-state index < -0.39 is 5.41 Å². The SMILES string of the molecule is c1ccc(-c2nc3nc(n2)-c2ccccc2-c2ccc4c(c2)C2(c5ccccc5-c5ccccc52)c2cc(ccc2-4)-c2cccc4c2[nH]c2cc-3ccc24)cc1. The molecule has 13 rings (SSSR count). The van der Waals surface area contributed by atoms with Crippen molar-refractivity contribution in [2.45, 2.75) is 5.41 Å². The van der Waals surface area contributed by atoms with Gasteiger partial charge in [0, 0.05) is 38.5 Å². The predicted octanol–water partition coefficient (Wildman–Crippen LogP) is 12.5. The molecule has 56 heavy (non-hydrogen) atoms. The molecule has 0 radical (unpaired) electrons. The maximum absolute atomic E-state index is 5.26. The number of nitrogens with zero attached hydrogens (tertiary/aromatic N) is 3. The summed E-state index contributed by atoms with van der Waals surface area (Å²) in [6.07, 6.45) is 0. The number of H-pyrrole nitrogens is 1. The molecule has 3 aliphatic rings. The third-order valence-corrected chi connectivity index (χ3v) is 12.4. The minimum absolute atomic E-state index is 0.506. The van der Waals surface area contributed by atoms with E-state index >= 15 is 0 Å². The zero-order valence-electron chi connectivity index (χ0n) is 30.1. The molecule has 0 saturated carbocycles. The molecule has 9 bridgehead atoms. The average molecular weight is 711 g/mol. The molecule has 3 heterocycles. The van der Waals surface area contributed by atoms with Crippen molar-refractivity contribution in [3.63, 3.8) is 0 Å². The molecular formula is C52H30N4. The van der Waals surface area contributed by atoms with Crippen molar-refractivity contribution < 1.29 is 0 Å². The first kappa shape index (κ1) is 30.0. The lowest BCUT2D eigenvalue weighted by Gasteiger charge is -2.31. The van der Waals surface area contributed by atoms with E-state index in [4.69, 9.17) is 15.0 Å². The maximum Gasteiger partial charge on any atom is 0.164 e. The number of hydrogen-bond acceptors (Lipinski definition) is 3. The van der Waals surface area contributed by atoms with Crippen molar-refractivity contribution in [2.75, 3.05) is 0 Å². The summed E-state index contributed by atoms with van der Waals surface area (Å²) in [6, 6.07) is 64.2. The Kier molecular flexibility index (Phi) is 5.80. The predicted molar refractivity (Wildman–Crippen MR) is 226 cm³/mol. The first-order chi connectivity index (χ1) is 27.7. The largest absolute Gasteiger partial charge is 0.354 e. The summed E-state index contributed by atoms with van der Waals surface area (Å²) >= 11 is 0. The third kappa shape index (κ3) is 3.85. The van der Waals surface area contributed by atoms with Gasteiger partial charge in [0.2, 0.25) is 0 Å². The van der Waals surface area contributed by atoms with Crippen LogP contribution in [-0.2, 0) is 5.41 Å². The van der Waals surface area contributed by atoms with Crippen LogP contribution in [0.3, 0.4) is 0 Å². The van der Waals surface area contributed by atoms with Gasteiger partial charge in [-0.05, 0) is 79.4 Å². The van der Waals surface area contributed by atoms with E-state index in [0.29, 0.717) is 17.5 Å². The second-order valence-electron chi connectivity index (χ2n) is 15.2. The average Bonchev–Trinajstić information content (AvgIpc) is 3.89. The number of fused-ring (bicyclic) bond motifs is 15. The van der Waals surface area contributed by atoms with Gasteiger partial charge in [-0.1, -0.05) is 158 Å². The van der Waals surface area contributed by atoms with Gasteiger partial charge >= 0.3 is 0 Å². The number of aromatic amines is 1. The van der Waals surface area contributed by atoms with Gasteiger partial charge in [0.25, 0.3) is 0 Å². The molecule has 0 amide bonds. The normalized spacial score (nSPS) is 13.5. The number of rotatable bonds is 1. The van der Waals surface area contributed by atoms with Gasteiger partial charge in [-0.2, -0.15) is 0 Å². The second kappa shape index (κ2) is 10.8. The van der Waals surface area contributed by atoms with Crippen LogP contribution in [0.5, 0.6) is 0 Å². The highest BCUT2D eigenvalue weighted by Crippen LogP contribution is 2.63. The van der Waals surface area contributed by atoms with Crippen LogP contribution >= 0.6 is 0 Å². The first-order valence-corrected chi connectivity index (χ1v) is 19.2. The van der Waals surface area contributed by atoms with Crippen LogP contribution in [0, 0.1) is 0 Å². The van der Waals surface area contributed by atoms with Crippen LogP contribution in [0.25, 0.3) is 100 Å². The fraction of sp³-hybridized carbons (Fsp3) is 0.0192. The Morgan fingerprint density at radius 1 is 0.321 bits per heavy atom. The Morgan fingerprint density at radius 3 is 1.57 bits per heavy atom. The molecular weight excluding hydrogens is 681 g/mol. The smallest absolute Gasteiger partial charge is 0.164 e. The molecule has 4 heteroatoms. The van der Waals surface area contributed by atoms with Crippen LogP contribution in [0.15, 0.2) is 176 Å². The van der Waals surface area contributed by atoms with E-state index in [2.05, 4.69) is 163 Å². The van der Waals surface area contributed by atoms with Crippen LogP contribution in [-0.4, -0.2) is 19.9 Å². The standard InChI is InChI=1S/C52H30N4/c1-2-11-30(12-3-1)49-54-50-33-23-26-40-41-18-10-17-35(48(41)53-47(40)29-33)32-22-25-39-38-24-21-31(34-13-4-5-16-42(34)51(55-49)56-50)27-45(38)52(46(39)28-32)43-19-8-6-14-36(43)37-15-7-9-20-44(37)52/h1-29,53H. The fourth-order valence-corrected chi connectivity index (χ4v) is 10.1. The highest BCUT2D eigenvalue weighted by atomic mass is 15.0. The molecule has 1 aliphatic heterocycles.